The van der Waals surface area contributed by atoms with E-state index in [0.717, 1.165) is 4.57 Å². The first kappa shape index (κ1) is 15.7. The molecule has 1 aromatic carbocycles. The van der Waals surface area contributed by atoms with E-state index in [9.17, 15) is 14.4 Å². The normalized spacial score (nSPS) is 12.0. The molecule has 0 bridgehead atoms. The topological polar surface area (TPSA) is 81.5 Å². The molecule has 1 heterocycles. The fourth-order valence-corrected chi connectivity index (χ4v) is 2.01. The second-order valence-electron chi connectivity index (χ2n) is 5.06. The highest BCUT2D eigenvalue weighted by Gasteiger charge is 2.19. The van der Waals surface area contributed by atoms with Crippen LogP contribution < -0.4 is 5.56 Å². The number of esters is 1. The minimum Gasteiger partial charge on any atom is -0.451 e. The summed E-state index contributed by atoms with van der Waals surface area (Å²) in [5.74, 6) is -0.987. The van der Waals surface area contributed by atoms with E-state index >= 15 is 0 Å². The third-order valence-corrected chi connectivity index (χ3v) is 3.13. The highest BCUT2D eigenvalue weighted by Crippen LogP contribution is 2.05. The zero-order valence-electron chi connectivity index (χ0n) is 12.6. The van der Waals surface area contributed by atoms with Crippen LogP contribution in [0, 0.1) is 0 Å². The van der Waals surface area contributed by atoms with Crippen molar-refractivity contribution in [1.29, 1.82) is 0 Å². The van der Waals surface area contributed by atoms with Crippen LogP contribution in [0.5, 0.6) is 0 Å². The fraction of sp³-hybridized carbons (Fsp3) is 0.333. The molecule has 7 nitrogen and oxygen atoms in total. The molecule has 0 spiro atoms. The summed E-state index contributed by atoms with van der Waals surface area (Å²) < 4.78 is 6.19. The van der Waals surface area contributed by atoms with E-state index in [1.807, 2.05) is 0 Å². The molecule has 0 saturated heterocycles. The first-order valence-corrected chi connectivity index (χ1v) is 6.75. The molecule has 0 aliphatic rings. The number of aromatic nitrogens is 2. The van der Waals surface area contributed by atoms with E-state index in [1.54, 1.807) is 38.4 Å². The Kier molecular flexibility index (Phi) is 4.55. The minimum absolute atomic E-state index is 0.290. The summed E-state index contributed by atoms with van der Waals surface area (Å²) in [6, 6.07) is 6.87. The number of carbonyl (C=O) groups is 2. The van der Waals surface area contributed by atoms with Crippen LogP contribution in [0.4, 0.5) is 0 Å². The van der Waals surface area contributed by atoms with Crippen LogP contribution in [0.2, 0.25) is 0 Å². The first-order valence-electron chi connectivity index (χ1n) is 6.75. The zero-order chi connectivity index (χ0) is 16.3. The molecule has 1 aromatic heterocycles. The number of rotatable bonds is 4. The Bertz CT molecular complexity index is 767. The second-order valence-corrected chi connectivity index (χ2v) is 5.06. The Morgan fingerprint density at radius 2 is 2.00 bits per heavy atom. The minimum atomic E-state index is -0.897. The molecule has 0 aliphatic heterocycles. The average Bonchev–Trinajstić information content (AvgIpc) is 2.49. The van der Waals surface area contributed by atoms with Crippen LogP contribution in [0.3, 0.4) is 0 Å². The van der Waals surface area contributed by atoms with E-state index < -0.39 is 12.1 Å². The molecule has 0 unspecified atom stereocenters. The second kappa shape index (κ2) is 6.38. The average molecular weight is 303 g/mol. The molecule has 2 aromatic rings. The van der Waals surface area contributed by atoms with Gasteiger partial charge in [-0.15, -0.1) is 0 Å². The van der Waals surface area contributed by atoms with E-state index in [1.165, 1.54) is 18.2 Å². The van der Waals surface area contributed by atoms with Gasteiger partial charge in [0.15, 0.2) is 6.10 Å². The van der Waals surface area contributed by atoms with Crippen LogP contribution in [0.1, 0.15) is 6.92 Å². The fourth-order valence-electron chi connectivity index (χ4n) is 2.01. The molecule has 7 heteroatoms. The van der Waals surface area contributed by atoms with Crippen LogP contribution in [-0.4, -0.2) is 46.5 Å². The van der Waals surface area contributed by atoms with Gasteiger partial charge in [0.05, 0.1) is 17.2 Å². The summed E-state index contributed by atoms with van der Waals surface area (Å²) in [5.41, 5.74) is 0.238. The lowest BCUT2D eigenvalue weighted by Crippen LogP contribution is -2.36. The Labute approximate surface area is 127 Å². The maximum absolute atomic E-state index is 12.2. The number of carbonyl (C=O) groups excluding carboxylic acids is 2. The van der Waals surface area contributed by atoms with E-state index in [0.29, 0.717) is 10.9 Å². The smallest absolute Gasteiger partial charge is 0.326 e. The SMILES string of the molecule is C[C@H](OC(=O)Cn1cnc2ccccc2c1=O)C(=O)N(C)C. The van der Waals surface area contributed by atoms with Crippen molar-refractivity contribution in [2.24, 2.45) is 0 Å². The quantitative estimate of drug-likeness (QED) is 0.764. The monoisotopic (exact) mass is 303 g/mol. The van der Waals surface area contributed by atoms with Crippen molar-refractivity contribution in [2.75, 3.05) is 14.1 Å². The van der Waals surface area contributed by atoms with Crippen molar-refractivity contribution in [3.8, 4) is 0 Å². The largest absolute Gasteiger partial charge is 0.451 e. The van der Waals surface area contributed by atoms with E-state index in [4.69, 9.17) is 4.74 Å². The molecule has 0 aliphatic carbocycles. The van der Waals surface area contributed by atoms with Gasteiger partial charge in [-0.2, -0.15) is 0 Å². The third-order valence-electron chi connectivity index (χ3n) is 3.13. The lowest BCUT2D eigenvalue weighted by Gasteiger charge is -2.17. The molecule has 0 radical (unpaired) electrons. The Morgan fingerprint density at radius 3 is 2.68 bits per heavy atom. The van der Waals surface area contributed by atoms with Crippen molar-refractivity contribution in [3.05, 3.63) is 40.9 Å². The molecule has 0 fully saturated rings. The van der Waals surface area contributed by atoms with Gasteiger partial charge in [0.2, 0.25) is 0 Å². The summed E-state index contributed by atoms with van der Waals surface area (Å²) in [7, 11) is 3.15. The maximum atomic E-state index is 12.2. The zero-order valence-corrected chi connectivity index (χ0v) is 12.6. The van der Waals surface area contributed by atoms with Crippen LogP contribution in [-0.2, 0) is 20.9 Å². The van der Waals surface area contributed by atoms with Gasteiger partial charge < -0.3 is 9.64 Å². The molecule has 116 valence electrons. The van der Waals surface area contributed by atoms with Gasteiger partial charge in [-0.25, -0.2) is 4.98 Å². The molecule has 22 heavy (non-hydrogen) atoms. The summed E-state index contributed by atoms with van der Waals surface area (Å²) in [4.78, 5) is 41.2. The predicted molar refractivity (Wildman–Crippen MR) is 80.3 cm³/mol. The molecule has 0 N–H and O–H groups in total. The molecular formula is C15H17N3O4. The number of para-hydroxylation sites is 1. The van der Waals surface area contributed by atoms with Gasteiger partial charge in [0.1, 0.15) is 6.54 Å². The van der Waals surface area contributed by atoms with Crippen molar-refractivity contribution in [3.63, 3.8) is 0 Å². The van der Waals surface area contributed by atoms with Gasteiger partial charge in [-0.1, -0.05) is 12.1 Å². The van der Waals surface area contributed by atoms with Crippen molar-refractivity contribution < 1.29 is 14.3 Å². The Hall–Kier alpha value is -2.70. The van der Waals surface area contributed by atoms with Crippen LogP contribution >= 0.6 is 0 Å². The van der Waals surface area contributed by atoms with Crippen molar-refractivity contribution in [2.45, 2.75) is 19.6 Å². The van der Waals surface area contributed by atoms with Gasteiger partial charge in [0.25, 0.3) is 11.5 Å². The summed E-state index contributed by atoms with van der Waals surface area (Å²) in [6.07, 6.45) is 0.399. The predicted octanol–water partition coefficient (Wildman–Crippen LogP) is 0.416. The van der Waals surface area contributed by atoms with Crippen molar-refractivity contribution >= 4 is 22.8 Å². The molecule has 0 saturated carbocycles. The highest BCUT2D eigenvalue weighted by molar-refractivity contribution is 5.83. The number of amides is 1. The first-order chi connectivity index (χ1) is 10.4. The summed E-state index contributed by atoms with van der Waals surface area (Å²) >= 11 is 0. The lowest BCUT2D eigenvalue weighted by atomic mass is 10.2. The van der Waals surface area contributed by atoms with Gasteiger partial charge >= 0.3 is 5.97 Å². The number of ether oxygens (including phenoxy) is 1. The summed E-state index contributed by atoms with van der Waals surface area (Å²) in [6.45, 7) is 1.20. The number of hydrogen-bond acceptors (Lipinski definition) is 5. The third kappa shape index (κ3) is 3.30. The van der Waals surface area contributed by atoms with E-state index in [2.05, 4.69) is 4.98 Å². The lowest BCUT2D eigenvalue weighted by molar-refractivity contribution is -0.158. The number of benzene rings is 1. The van der Waals surface area contributed by atoms with Crippen molar-refractivity contribution in [1.82, 2.24) is 14.5 Å². The number of hydrogen-bond donors (Lipinski definition) is 0. The molecule has 2 rings (SSSR count). The molecule has 1 amide bonds. The van der Waals surface area contributed by atoms with Gasteiger partial charge in [0, 0.05) is 14.1 Å². The molecular weight excluding hydrogens is 286 g/mol. The van der Waals surface area contributed by atoms with Crippen LogP contribution in [0.15, 0.2) is 35.4 Å². The number of fused-ring (bicyclic) bond motifs is 1. The van der Waals surface area contributed by atoms with E-state index in [-0.39, 0.29) is 18.0 Å². The number of nitrogens with zero attached hydrogens (tertiary/aromatic N) is 3. The highest BCUT2D eigenvalue weighted by atomic mass is 16.5. The Morgan fingerprint density at radius 1 is 1.32 bits per heavy atom. The maximum Gasteiger partial charge on any atom is 0.326 e. The Balaban J connectivity index is 2.14. The molecule has 1 atom stereocenters. The van der Waals surface area contributed by atoms with Gasteiger partial charge in [-0.05, 0) is 19.1 Å². The van der Waals surface area contributed by atoms with Crippen LogP contribution in [0.25, 0.3) is 10.9 Å². The standard InChI is InChI=1S/C15H17N3O4/c1-10(14(20)17(2)3)22-13(19)8-18-9-16-12-7-5-4-6-11(12)15(18)21/h4-7,9-10H,8H2,1-3H3/t10-/m0/s1. The summed E-state index contributed by atoms with van der Waals surface area (Å²) in [5, 5.41) is 0.426. The van der Waals surface area contributed by atoms with Gasteiger partial charge in [-0.3, -0.25) is 19.0 Å². The number of likely N-dealkylation sites (N-methyl/N-ethyl adjacent to an activating group) is 1.